The van der Waals surface area contributed by atoms with Gasteiger partial charge in [-0.3, -0.25) is 24.0 Å². The number of amides is 2. The topological polar surface area (TPSA) is 176 Å². The van der Waals surface area contributed by atoms with Gasteiger partial charge in [-0.1, -0.05) is 12.1 Å². The van der Waals surface area contributed by atoms with E-state index in [4.69, 9.17) is 20.9 Å². The number of hydrogen-bond donors (Lipinski definition) is 3. The molecule has 0 aliphatic rings. The molecule has 3 aromatic rings. The molecular formula is C22H18N2O8S. The molecule has 0 bridgehead atoms. The summed E-state index contributed by atoms with van der Waals surface area (Å²) in [5, 5.41) is 9.51. The number of rotatable bonds is 6. The van der Waals surface area contributed by atoms with E-state index in [1.807, 2.05) is 0 Å². The molecule has 1 atom stereocenters. The van der Waals surface area contributed by atoms with Crippen molar-refractivity contribution in [2.24, 2.45) is 11.5 Å². The second-order valence-electron chi connectivity index (χ2n) is 6.94. The van der Waals surface area contributed by atoms with E-state index < -0.39 is 40.7 Å². The lowest BCUT2D eigenvalue weighted by Crippen LogP contribution is -2.29. The van der Waals surface area contributed by atoms with E-state index in [1.165, 1.54) is 30.3 Å². The number of nitrogens with two attached hydrogens (primary N) is 2. The molecule has 1 aromatic heterocycles. The molecule has 0 fully saturated rings. The van der Waals surface area contributed by atoms with E-state index in [0.29, 0.717) is 5.56 Å². The molecule has 1 heterocycles. The van der Waals surface area contributed by atoms with Crippen molar-refractivity contribution in [3.8, 4) is 17.2 Å². The fourth-order valence-electron chi connectivity index (χ4n) is 3.24. The predicted octanol–water partition coefficient (Wildman–Crippen LogP) is 1.53. The molecule has 5 N–H and O–H groups in total. The van der Waals surface area contributed by atoms with Crippen LogP contribution in [0.1, 0.15) is 40.6 Å². The van der Waals surface area contributed by atoms with Crippen molar-refractivity contribution in [3.63, 3.8) is 0 Å². The smallest absolute Gasteiger partial charge is 0.308 e. The summed E-state index contributed by atoms with van der Waals surface area (Å²) in [7, 11) is 0. The van der Waals surface area contributed by atoms with Crippen LogP contribution >= 0.6 is 11.3 Å². The Bertz CT molecular complexity index is 1360. The summed E-state index contributed by atoms with van der Waals surface area (Å²) in [6.07, 6.45) is 0. The third-order valence-corrected chi connectivity index (χ3v) is 5.73. The van der Waals surface area contributed by atoms with Gasteiger partial charge in [-0.2, -0.15) is 0 Å². The number of aromatic hydroxyl groups is 1. The molecule has 0 aliphatic heterocycles. The van der Waals surface area contributed by atoms with Crippen molar-refractivity contribution in [2.45, 2.75) is 19.8 Å². The summed E-state index contributed by atoms with van der Waals surface area (Å²) in [4.78, 5) is 60.8. The number of phenolic OH excluding ortho intramolecular Hbond substituents is 1. The predicted molar refractivity (Wildman–Crippen MR) is 118 cm³/mol. The number of fused-ring (bicyclic) bond motifs is 1. The van der Waals surface area contributed by atoms with Crippen LogP contribution in [0.4, 0.5) is 0 Å². The molecule has 2 amide bonds. The van der Waals surface area contributed by atoms with Crippen LogP contribution in [0.2, 0.25) is 0 Å². The molecule has 0 saturated carbocycles. The largest absolute Gasteiger partial charge is 0.508 e. The first-order chi connectivity index (χ1) is 15.5. The van der Waals surface area contributed by atoms with Crippen LogP contribution in [-0.4, -0.2) is 28.9 Å². The van der Waals surface area contributed by atoms with Gasteiger partial charge in [-0.15, -0.1) is 11.3 Å². The van der Waals surface area contributed by atoms with Gasteiger partial charge < -0.3 is 26.0 Å². The van der Waals surface area contributed by atoms with Crippen LogP contribution in [0, 0.1) is 0 Å². The Balaban J connectivity index is 2.38. The Kier molecular flexibility index (Phi) is 6.45. The Hall–Kier alpha value is -4.25. The van der Waals surface area contributed by atoms with Gasteiger partial charge in [0.15, 0.2) is 11.5 Å². The van der Waals surface area contributed by atoms with Gasteiger partial charge in [0.2, 0.25) is 11.3 Å². The van der Waals surface area contributed by atoms with E-state index in [-0.39, 0.29) is 32.2 Å². The number of hydrogen-bond acceptors (Lipinski definition) is 9. The molecule has 11 heteroatoms. The average molecular weight is 470 g/mol. The first-order valence-electron chi connectivity index (χ1n) is 9.39. The van der Waals surface area contributed by atoms with Crippen LogP contribution in [0.5, 0.6) is 17.2 Å². The summed E-state index contributed by atoms with van der Waals surface area (Å²) in [6, 6.07) is 7.93. The van der Waals surface area contributed by atoms with Crippen molar-refractivity contribution in [2.75, 3.05) is 0 Å². The van der Waals surface area contributed by atoms with Crippen LogP contribution in [0.15, 0.2) is 41.2 Å². The van der Waals surface area contributed by atoms with Gasteiger partial charge in [-0.25, -0.2) is 0 Å². The normalized spacial score (nSPS) is 11.6. The lowest BCUT2D eigenvalue weighted by atomic mass is 9.93. The van der Waals surface area contributed by atoms with Crippen molar-refractivity contribution >= 4 is 45.2 Å². The second-order valence-corrected chi connectivity index (χ2v) is 8.03. The zero-order valence-electron chi connectivity index (χ0n) is 17.4. The van der Waals surface area contributed by atoms with Crippen molar-refractivity contribution < 1.29 is 33.8 Å². The summed E-state index contributed by atoms with van der Waals surface area (Å²) >= 11 is 0.864. The highest BCUT2D eigenvalue weighted by Crippen LogP contribution is 2.38. The highest BCUT2D eigenvalue weighted by atomic mass is 32.1. The van der Waals surface area contributed by atoms with E-state index in [2.05, 4.69) is 0 Å². The van der Waals surface area contributed by atoms with Crippen LogP contribution < -0.4 is 26.4 Å². The molecular weight excluding hydrogens is 452 g/mol. The van der Waals surface area contributed by atoms with Crippen LogP contribution in [0.25, 0.3) is 10.1 Å². The van der Waals surface area contributed by atoms with Gasteiger partial charge in [0, 0.05) is 34.9 Å². The third kappa shape index (κ3) is 4.83. The fourth-order valence-corrected chi connectivity index (χ4v) is 4.57. The van der Waals surface area contributed by atoms with Gasteiger partial charge in [0.05, 0.1) is 5.92 Å². The molecule has 33 heavy (non-hydrogen) atoms. The average Bonchev–Trinajstić information content (AvgIpc) is 2.69. The number of benzene rings is 2. The Morgan fingerprint density at radius 2 is 1.48 bits per heavy atom. The Morgan fingerprint density at radius 1 is 0.939 bits per heavy atom. The Morgan fingerprint density at radius 3 is 1.97 bits per heavy atom. The summed E-state index contributed by atoms with van der Waals surface area (Å²) in [6.45, 7) is 2.26. The first-order valence-corrected chi connectivity index (χ1v) is 10.2. The number of ether oxygens (including phenoxy) is 2. The second kappa shape index (κ2) is 9.09. The van der Waals surface area contributed by atoms with Crippen molar-refractivity contribution in [3.05, 3.63) is 62.6 Å². The van der Waals surface area contributed by atoms with Crippen molar-refractivity contribution in [1.29, 1.82) is 0 Å². The Labute approximate surface area is 190 Å². The standard InChI is InChI=1S/C22H18N2O8S/c1-9(25)31-14-7-13-16(8-15(14)32-10(2)26)33-20(18(19(13)28)22(24)30)17(21(23)29)11-3-5-12(27)6-4-11/h3-8,17,27H,1-2H3,(H2,23,29)(H2,24,30). The summed E-state index contributed by atoms with van der Waals surface area (Å²) in [5.74, 6) is -5.03. The highest BCUT2D eigenvalue weighted by molar-refractivity contribution is 7.18. The minimum atomic E-state index is -1.24. The number of carbonyl (C=O) groups is 4. The maximum absolute atomic E-state index is 13.2. The first kappa shape index (κ1) is 23.4. The zero-order chi connectivity index (χ0) is 24.4. The molecule has 1 unspecified atom stereocenters. The monoisotopic (exact) mass is 470 g/mol. The molecule has 170 valence electrons. The highest BCUT2D eigenvalue weighted by Gasteiger charge is 2.30. The maximum atomic E-state index is 13.2. The molecule has 10 nitrogen and oxygen atoms in total. The van der Waals surface area contributed by atoms with Crippen molar-refractivity contribution in [1.82, 2.24) is 0 Å². The number of esters is 2. The number of carbonyl (C=O) groups excluding carboxylic acids is 4. The molecule has 0 saturated heterocycles. The van der Waals surface area contributed by atoms with Crippen LogP contribution in [-0.2, 0) is 14.4 Å². The van der Waals surface area contributed by atoms with Gasteiger partial charge in [0.1, 0.15) is 11.3 Å². The quantitative estimate of drug-likeness (QED) is 0.359. The van der Waals surface area contributed by atoms with E-state index in [1.54, 1.807) is 0 Å². The SMILES string of the molecule is CC(=O)Oc1cc2sc(C(C(N)=O)c3ccc(O)cc3)c(C(N)=O)c(=O)c2cc1OC(C)=O. The zero-order valence-corrected chi connectivity index (χ0v) is 18.2. The molecule has 0 radical (unpaired) electrons. The molecule has 3 rings (SSSR count). The fraction of sp³-hybridized carbons (Fsp3) is 0.136. The van der Waals surface area contributed by atoms with Gasteiger partial charge in [-0.05, 0) is 23.8 Å². The van der Waals surface area contributed by atoms with E-state index >= 15 is 0 Å². The number of phenols is 1. The number of primary amides is 2. The molecule has 0 spiro atoms. The van der Waals surface area contributed by atoms with E-state index in [0.717, 1.165) is 31.3 Å². The van der Waals surface area contributed by atoms with E-state index in [9.17, 15) is 29.1 Å². The molecule has 0 aliphatic carbocycles. The lowest BCUT2D eigenvalue weighted by molar-refractivity contribution is -0.134. The molecule has 2 aromatic carbocycles. The van der Waals surface area contributed by atoms with Crippen LogP contribution in [0.3, 0.4) is 0 Å². The summed E-state index contributed by atoms with van der Waals surface area (Å²) in [5.41, 5.74) is 10.1. The summed E-state index contributed by atoms with van der Waals surface area (Å²) < 4.78 is 10.4. The minimum absolute atomic E-state index is 0.0211. The minimum Gasteiger partial charge on any atom is -0.508 e. The lowest BCUT2D eigenvalue weighted by Gasteiger charge is -2.17. The van der Waals surface area contributed by atoms with Gasteiger partial charge >= 0.3 is 11.9 Å². The maximum Gasteiger partial charge on any atom is 0.308 e. The third-order valence-electron chi connectivity index (χ3n) is 4.51. The van der Waals surface area contributed by atoms with Gasteiger partial charge in [0.25, 0.3) is 5.91 Å².